The quantitative estimate of drug-likeness (QED) is 0.631. The second-order valence-electron chi connectivity index (χ2n) is 6.59. The molecule has 29 heavy (non-hydrogen) atoms. The van der Waals surface area contributed by atoms with E-state index in [0.29, 0.717) is 30.8 Å². The summed E-state index contributed by atoms with van der Waals surface area (Å²) in [6.45, 7) is 0.545. The van der Waals surface area contributed by atoms with Gasteiger partial charge >= 0.3 is 5.69 Å². The van der Waals surface area contributed by atoms with Gasteiger partial charge < -0.3 is 10.1 Å². The van der Waals surface area contributed by atoms with Crippen LogP contribution in [0.1, 0.15) is 12.0 Å². The summed E-state index contributed by atoms with van der Waals surface area (Å²) in [6, 6.07) is 13.4. The smallest absolute Gasteiger partial charge is 0.345 e. The number of rotatable bonds is 8. The third-order valence-electron chi connectivity index (χ3n) is 4.59. The molecular formula is C21H23FN4O3. The van der Waals surface area contributed by atoms with Crippen molar-refractivity contribution >= 4 is 5.91 Å². The fraction of sp³-hybridized carbons (Fsp3) is 0.286. The van der Waals surface area contributed by atoms with Gasteiger partial charge in [-0.15, -0.1) is 5.10 Å². The lowest BCUT2D eigenvalue weighted by atomic mass is 10.1. The van der Waals surface area contributed by atoms with Crippen LogP contribution in [-0.4, -0.2) is 33.9 Å². The largest absolute Gasteiger partial charge is 0.497 e. The Morgan fingerprint density at radius 3 is 2.48 bits per heavy atom. The fourth-order valence-electron chi connectivity index (χ4n) is 2.92. The van der Waals surface area contributed by atoms with E-state index in [9.17, 15) is 14.0 Å². The zero-order chi connectivity index (χ0) is 20.8. The maximum atomic E-state index is 13.1. The minimum atomic E-state index is -0.351. The predicted octanol–water partition coefficient (Wildman–Crippen LogP) is 2.15. The predicted molar refractivity (Wildman–Crippen MR) is 107 cm³/mol. The van der Waals surface area contributed by atoms with E-state index in [0.717, 1.165) is 11.3 Å². The van der Waals surface area contributed by atoms with E-state index < -0.39 is 0 Å². The second kappa shape index (κ2) is 9.18. The average molecular weight is 398 g/mol. The van der Waals surface area contributed by atoms with Gasteiger partial charge in [-0.1, -0.05) is 12.1 Å². The average Bonchev–Trinajstić information content (AvgIpc) is 3.02. The summed E-state index contributed by atoms with van der Waals surface area (Å²) in [5.74, 6) is 0.777. The normalized spacial score (nSPS) is 10.7. The number of carbonyl (C=O) groups excluding carboxylic acids is 1. The topological polar surface area (TPSA) is 78.2 Å². The zero-order valence-corrected chi connectivity index (χ0v) is 16.4. The summed E-state index contributed by atoms with van der Waals surface area (Å²) < 4.78 is 20.9. The van der Waals surface area contributed by atoms with Gasteiger partial charge in [0.15, 0.2) is 5.82 Å². The molecule has 2 aromatic carbocycles. The third-order valence-corrected chi connectivity index (χ3v) is 4.59. The number of ether oxygens (including phenoxy) is 1. The Morgan fingerprint density at radius 1 is 1.14 bits per heavy atom. The molecule has 8 heteroatoms. The number of aryl methyl sites for hydroxylation is 1. The summed E-state index contributed by atoms with van der Waals surface area (Å²) in [5.41, 5.74) is 1.40. The number of aromatic nitrogens is 3. The molecular weight excluding hydrogens is 375 g/mol. The van der Waals surface area contributed by atoms with Crippen molar-refractivity contribution in [1.29, 1.82) is 0 Å². The van der Waals surface area contributed by atoms with Crippen LogP contribution in [0.4, 0.5) is 4.39 Å². The first-order chi connectivity index (χ1) is 14.0. The van der Waals surface area contributed by atoms with Gasteiger partial charge in [0.25, 0.3) is 0 Å². The van der Waals surface area contributed by atoms with Crippen molar-refractivity contribution in [3.8, 4) is 17.1 Å². The van der Waals surface area contributed by atoms with E-state index in [-0.39, 0.29) is 24.0 Å². The molecule has 0 radical (unpaired) electrons. The Labute approximate surface area is 167 Å². The number of hydrogen-bond acceptors (Lipinski definition) is 4. The molecule has 0 aliphatic heterocycles. The summed E-state index contributed by atoms with van der Waals surface area (Å²) in [4.78, 5) is 24.4. The van der Waals surface area contributed by atoms with Crippen LogP contribution in [0.15, 0.2) is 53.3 Å². The van der Waals surface area contributed by atoms with Crippen molar-refractivity contribution in [1.82, 2.24) is 19.7 Å². The van der Waals surface area contributed by atoms with E-state index in [1.54, 1.807) is 26.3 Å². The number of benzene rings is 2. The Hall–Kier alpha value is -3.42. The summed E-state index contributed by atoms with van der Waals surface area (Å²) in [7, 11) is 3.22. The fourth-order valence-corrected chi connectivity index (χ4v) is 2.92. The van der Waals surface area contributed by atoms with Gasteiger partial charge in [0.05, 0.1) is 13.7 Å². The van der Waals surface area contributed by atoms with Crippen molar-refractivity contribution in [2.45, 2.75) is 19.4 Å². The molecule has 0 saturated carbocycles. The second-order valence-corrected chi connectivity index (χ2v) is 6.59. The molecule has 1 aromatic heterocycles. The van der Waals surface area contributed by atoms with E-state index in [4.69, 9.17) is 4.74 Å². The van der Waals surface area contributed by atoms with Crippen LogP contribution in [0.25, 0.3) is 11.4 Å². The Bertz CT molecular complexity index is 1020. The van der Waals surface area contributed by atoms with Crippen molar-refractivity contribution in [2.24, 2.45) is 7.05 Å². The Kier molecular flexibility index (Phi) is 6.43. The molecule has 3 aromatic rings. The Morgan fingerprint density at radius 2 is 1.83 bits per heavy atom. The van der Waals surface area contributed by atoms with Crippen LogP contribution in [0.3, 0.4) is 0 Å². The maximum Gasteiger partial charge on any atom is 0.345 e. The first kappa shape index (κ1) is 20.3. The number of methoxy groups -OCH3 is 1. The van der Waals surface area contributed by atoms with Crippen molar-refractivity contribution in [2.75, 3.05) is 13.7 Å². The molecule has 1 amide bonds. The van der Waals surface area contributed by atoms with Gasteiger partial charge in [0, 0.05) is 25.6 Å². The summed E-state index contributed by atoms with van der Waals surface area (Å²) in [5, 5.41) is 7.10. The van der Waals surface area contributed by atoms with Gasteiger partial charge in [-0.25, -0.2) is 13.9 Å². The highest BCUT2D eigenvalue weighted by molar-refractivity contribution is 5.76. The molecule has 1 heterocycles. The lowest BCUT2D eigenvalue weighted by Crippen LogP contribution is -2.31. The van der Waals surface area contributed by atoms with Crippen molar-refractivity contribution < 1.29 is 13.9 Å². The van der Waals surface area contributed by atoms with Gasteiger partial charge in [0.2, 0.25) is 5.91 Å². The molecule has 1 N–H and O–H groups in total. The molecule has 0 aliphatic rings. The molecule has 0 aliphatic carbocycles. The van der Waals surface area contributed by atoms with Crippen LogP contribution >= 0.6 is 0 Å². The molecule has 0 spiro atoms. The lowest BCUT2D eigenvalue weighted by Gasteiger charge is -2.06. The SMILES string of the molecule is COc1ccc(CCC(=O)NCCn2nc(-c3ccc(F)cc3)n(C)c2=O)cc1. The van der Waals surface area contributed by atoms with Gasteiger partial charge in [-0.2, -0.15) is 0 Å². The van der Waals surface area contributed by atoms with Crippen molar-refractivity contribution in [3.05, 3.63) is 70.4 Å². The first-order valence-corrected chi connectivity index (χ1v) is 9.27. The highest BCUT2D eigenvalue weighted by atomic mass is 19.1. The monoisotopic (exact) mass is 398 g/mol. The van der Waals surface area contributed by atoms with Gasteiger partial charge in [-0.3, -0.25) is 9.36 Å². The molecule has 0 fully saturated rings. The molecule has 0 atom stereocenters. The van der Waals surface area contributed by atoms with Crippen molar-refractivity contribution in [3.63, 3.8) is 0 Å². The van der Waals surface area contributed by atoms with Crippen LogP contribution in [0, 0.1) is 5.82 Å². The number of carbonyl (C=O) groups is 1. The molecule has 152 valence electrons. The number of amides is 1. The highest BCUT2D eigenvalue weighted by Crippen LogP contribution is 2.15. The van der Waals surface area contributed by atoms with Crippen LogP contribution in [0.5, 0.6) is 5.75 Å². The number of hydrogen-bond donors (Lipinski definition) is 1. The molecule has 0 saturated heterocycles. The van der Waals surface area contributed by atoms with E-state index in [2.05, 4.69) is 10.4 Å². The number of nitrogens with zero attached hydrogens (tertiary/aromatic N) is 3. The van der Waals surface area contributed by atoms with Crippen LogP contribution < -0.4 is 15.7 Å². The Balaban J connectivity index is 1.52. The number of halogens is 1. The van der Waals surface area contributed by atoms with E-state index >= 15 is 0 Å². The minimum Gasteiger partial charge on any atom is -0.497 e. The minimum absolute atomic E-state index is 0.0939. The molecule has 7 nitrogen and oxygen atoms in total. The molecule has 0 unspecified atom stereocenters. The lowest BCUT2D eigenvalue weighted by molar-refractivity contribution is -0.121. The van der Waals surface area contributed by atoms with E-state index in [1.807, 2.05) is 24.3 Å². The van der Waals surface area contributed by atoms with E-state index in [1.165, 1.54) is 21.4 Å². The molecule has 0 bridgehead atoms. The van der Waals surface area contributed by atoms with Crippen LogP contribution in [0.2, 0.25) is 0 Å². The summed E-state index contributed by atoms with van der Waals surface area (Å²) in [6.07, 6.45) is 0.971. The zero-order valence-electron chi connectivity index (χ0n) is 16.4. The standard InChI is InChI=1S/C21H23FN4O3/c1-25-20(16-6-8-17(22)9-7-16)24-26(21(25)28)14-13-23-19(27)12-5-15-3-10-18(29-2)11-4-15/h3-4,6-11H,5,12-14H2,1-2H3,(H,23,27). The van der Waals surface area contributed by atoms with Gasteiger partial charge in [0.1, 0.15) is 11.6 Å². The maximum absolute atomic E-state index is 13.1. The van der Waals surface area contributed by atoms with Crippen LogP contribution in [-0.2, 0) is 24.8 Å². The number of nitrogens with one attached hydrogen (secondary N) is 1. The molecule has 3 rings (SSSR count). The highest BCUT2D eigenvalue weighted by Gasteiger charge is 2.12. The first-order valence-electron chi connectivity index (χ1n) is 9.27. The summed E-state index contributed by atoms with van der Waals surface area (Å²) >= 11 is 0. The van der Waals surface area contributed by atoms with Gasteiger partial charge in [-0.05, 0) is 48.4 Å². The third kappa shape index (κ3) is 5.10.